The number of fused-ring (bicyclic) bond motifs is 1. The van der Waals surface area contributed by atoms with Crippen LogP contribution in [0, 0.1) is 6.92 Å². The third-order valence-corrected chi connectivity index (χ3v) is 7.49. The van der Waals surface area contributed by atoms with Crippen molar-refractivity contribution in [2.45, 2.75) is 43.2 Å². The van der Waals surface area contributed by atoms with Crippen molar-refractivity contribution in [3.8, 4) is 5.75 Å². The van der Waals surface area contributed by atoms with Crippen LogP contribution >= 0.6 is 11.3 Å². The number of amides is 1. The van der Waals surface area contributed by atoms with E-state index in [9.17, 15) is 13.2 Å². The number of sulfonamides is 1. The van der Waals surface area contributed by atoms with E-state index in [1.165, 1.54) is 0 Å². The van der Waals surface area contributed by atoms with Gasteiger partial charge in [-0.1, -0.05) is 47.2 Å². The Balaban J connectivity index is 1.55. The van der Waals surface area contributed by atoms with E-state index >= 15 is 0 Å². The van der Waals surface area contributed by atoms with Gasteiger partial charge in [-0.25, -0.2) is 13.1 Å². The minimum Gasteiger partial charge on any atom is -0.487 e. The van der Waals surface area contributed by atoms with Crippen LogP contribution in [0.2, 0.25) is 0 Å². The van der Waals surface area contributed by atoms with Crippen molar-refractivity contribution < 1.29 is 17.9 Å². The van der Waals surface area contributed by atoms with Gasteiger partial charge < -0.3 is 4.74 Å². The molecule has 3 aromatic rings. The summed E-state index contributed by atoms with van der Waals surface area (Å²) in [5, 5.41) is 10.3. The van der Waals surface area contributed by atoms with Crippen LogP contribution in [0.3, 0.4) is 0 Å². The smallest absolute Gasteiger partial charge is 0.270 e. The van der Waals surface area contributed by atoms with Gasteiger partial charge in [-0.15, -0.1) is 10.2 Å². The fourth-order valence-electron chi connectivity index (χ4n) is 3.44. The Morgan fingerprint density at radius 1 is 1.16 bits per heavy atom. The zero-order valence-electron chi connectivity index (χ0n) is 17.2. The Morgan fingerprint density at radius 3 is 2.65 bits per heavy atom. The molecule has 0 saturated heterocycles. The number of aromatic nitrogens is 2. The highest BCUT2D eigenvalue weighted by Crippen LogP contribution is 2.40. The molecule has 4 rings (SSSR count). The zero-order valence-corrected chi connectivity index (χ0v) is 18.9. The van der Waals surface area contributed by atoms with E-state index in [1.54, 1.807) is 30.3 Å². The summed E-state index contributed by atoms with van der Waals surface area (Å²) in [5.74, 6) is 0.270. The van der Waals surface area contributed by atoms with Crippen molar-refractivity contribution in [3.05, 3.63) is 65.2 Å². The summed E-state index contributed by atoms with van der Waals surface area (Å²) in [6.45, 7) is 5.77. The van der Waals surface area contributed by atoms with Gasteiger partial charge in [-0.3, -0.25) is 10.1 Å². The minimum absolute atomic E-state index is 0.109. The molecule has 0 fully saturated rings. The second kappa shape index (κ2) is 8.03. The number of benzene rings is 2. The van der Waals surface area contributed by atoms with Gasteiger partial charge >= 0.3 is 0 Å². The SMILES string of the molecule is Cc1ccc2c(c1)[C@H](NS(=O)(=O)c1nnc(NC(=O)c3ccccc3)s1)CC(C)(C)O2. The molecule has 1 amide bonds. The van der Waals surface area contributed by atoms with E-state index < -0.39 is 21.7 Å². The molecular formula is C21H22N4O4S2. The van der Waals surface area contributed by atoms with Crippen molar-refractivity contribution in [2.75, 3.05) is 5.32 Å². The monoisotopic (exact) mass is 458 g/mol. The molecule has 0 spiro atoms. The molecule has 0 radical (unpaired) electrons. The van der Waals surface area contributed by atoms with Gasteiger partial charge in [0, 0.05) is 17.5 Å². The van der Waals surface area contributed by atoms with Gasteiger partial charge in [0.2, 0.25) is 9.47 Å². The molecule has 1 aromatic heterocycles. The number of aryl methyl sites for hydroxylation is 1. The van der Waals surface area contributed by atoms with Crippen LogP contribution in [0.15, 0.2) is 52.9 Å². The number of ether oxygens (including phenoxy) is 1. The number of rotatable bonds is 5. The third kappa shape index (κ3) is 4.76. The molecule has 1 atom stereocenters. The predicted molar refractivity (Wildman–Crippen MR) is 118 cm³/mol. The molecule has 0 saturated carbocycles. The lowest BCUT2D eigenvalue weighted by atomic mass is 9.89. The van der Waals surface area contributed by atoms with Gasteiger partial charge in [0.05, 0.1) is 6.04 Å². The summed E-state index contributed by atoms with van der Waals surface area (Å²) in [5.41, 5.74) is 1.69. The number of nitrogens with one attached hydrogen (secondary N) is 2. The Bertz CT molecular complexity index is 1220. The van der Waals surface area contributed by atoms with Crippen molar-refractivity contribution >= 4 is 32.4 Å². The average Bonchev–Trinajstić information content (AvgIpc) is 3.18. The highest BCUT2D eigenvalue weighted by Gasteiger charge is 2.37. The third-order valence-electron chi connectivity index (χ3n) is 4.81. The number of anilines is 1. The molecule has 0 unspecified atom stereocenters. The Labute approximate surface area is 184 Å². The lowest BCUT2D eigenvalue weighted by Gasteiger charge is -2.37. The number of hydrogen-bond donors (Lipinski definition) is 2. The molecule has 2 aromatic carbocycles. The summed E-state index contributed by atoms with van der Waals surface area (Å²) in [6, 6.07) is 13.8. The molecule has 2 heterocycles. The topological polar surface area (TPSA) is 110 Å². The quantitative estimate of drug-likeness (QED) is 0.565. The molecule has 162 valence electrons. The first-order chi connectivity index (χ1) is 14.6. The fourth-order valence-corrected chi connectivity index (χ4v) is 5.57. The Kier molecular flexibility index (Phi) is 5.54. The highest BCUT2D eigenvalue weighted by atomic mass is 32.2. The summed E-state index contributed by atoms with van der Waals surface area (Å²) < 4.78 is 34.6. The maximum atomic E-state index is 13.0. The van der Waals surface area contributed by atoms with Crippen molar-refractivity contribution in [3.63, 3.8) is 0 Å². The second-order valence-electron chi connectivity index (χ2n) is 7.97. The maximum absolute atomic E-state index is 13.0. The molecule has 31 heavy (non-hydrogen) atoms. The van der Waals surface area contributed by atoms with Crippen LogP contribution in [-0.2, 0) is 10.0 Å². The van der Waals surface area contributed by atoms with E-state index in [4.69, 9.17) is 4.74 Å². The first kappa shape index (κ1) is 21.4. The van der Waals surface area contributed by atoms with Gasteiger partial charge in [0.15, 0.2) is 0 Å². The van der Waals surface area contributed by atoms with Crippen LogP contribution < -0.4 is 14.8 Å². The molecule has 0 aliphatic carbocycles. The van der Waals surface area contributed by atoms with E-state index in [1.807, 2.05) is 39.0 Å². The van der Waals surface area contributed by atoms with E-state index in [2.05, 4.69) is 20.2 Å². The standard InChI is InChI=1S/C21H22N4O4S2/c1-13-9-10-17-15(11-13)16(12-21(2,3)29-17)25-31(27,28)20-24-23-19(30-20)22-18(26)14-7-5-4-6-8-14/h4-11,16,25H,12H2,1-3H3,(H,22,23,26)/t16-/m1/s1. The highest BCUT2D eigenvalue weighted by molar-refractivity contribution is 7.91. The van der Waals surface area contributed by atoms with Gasteiger partial charge in [-0.05, 0) is 39.0 Å². The van der Waals surface area contributed by atoms with Crippen LogP contribution in [0.5, 0.6) is 5.75 Å². The summed E-state index contributed by atoms with van der Waals surface area (Å²) in [4.78, 5) is 12.3. The summed E-state index contributed by atoms with van der Waals surface area (Å²) in [6.07, 6.45) is 0.457. The lowest BCUT2D eigenvalue weighted by molar-refractivity contribution is 0.0701. The van der Waals surface area contributed by atoms with Crippen LogP contribution in [0.25, 0.3) is 0 Å². The number of carbonyl (C=O) groups is 1. The fraction of sp³-hybridized carbons (Fsp3) is 0.286. The first-order valence-electron chi connectivity index (χ1n) is 9.65. The minimum atomic E-state index is -3.96. The normalized spacial score (nSPS) is 17.5. The Hall–Kier alpha value is -2.82. The van der Waals surface area contributed by atoms with Gasteiger partial charge in [0.1, 0.15) is 11.4 Å². The van der Waals surface area contributed by atoms with Crippen molar-refractivity contribution in [2.24, 2.45) is 0 Å². The second-order valence-corrected chi connectivity index (χ2v) is 10.8. The molecule has 0 bridgehead atoms. The van der Waals surface area contributed by atoms with Crippen LogP contribution in [-0.4, -0.2) is 30.1 Å². The molecule has 10 heteroatoms. The average molecular weight is 459 g/mol. The maximum Gasteiger partial charge on any atom is 0.270 e. The first-order valence-corrected chi connectivity index (χ1v) is 11.9. The van der Waals surface area contributed by atoms with Gasteiger partial charge in [0.25, 0.3) is 15.9 Å². The molecule has 8 nitrogen and oxygen atoms in total. The molecule has 1 aliphatic rings. The number of carbonyl (C=O) groups excluding carboxylic acids is 1. The Morgan fingerprint density at radius 2 is 1.90 bits per heavy atom. The summed E-state index contributed by atoms with van der Waals surface area (Å²) >= 11 is 0.800. The molecular weight excluding hydrogens is 436 g/mol. The number of nitrogens with zero attached hydrogens (tertiary/aromatic N) is 2. The van der Waals surface area contributed by atoms with E-state index in [0.29, 0.717) is 17.7 Å². The predicted octanol–water partition coefficient (Wildman–Crippen LogP) is 3.68. The molecule has 2 N–H and O–H groups in total. The van der Waals surface area contributed by atoms with Crippen LogP contribution in [0.4, 0.5) is 5.13 Å². The summed E-state index contributed by atoms with van der Waals surface area (Å²) in [7, 11) is -3.96. The lowest BCUT2D eigenvalue weighted by Crippen LogP contribution is -2.41. The molecule has 1 aliphatic heterocycles. The van der Waals surface area contributed by atoms with Crippen LogP contribution in [0.1, 0.15) is 47.8 Å². The van der Waals surface area contributed by atoms with Crippen molar-refractivity contribution in [1.29, 1.82) is 0 Å². The largest absolute Gasteiger partial charge is 0.487 e. The van der Waals surface area contributed by atoms with Gasteiger partial charge in [-0.2, -0.15) is 0 Å². The van der Waals surface area contributed by atoms with Crippen molar-refractivity contribution in [1.82, 2.24) is 14.9 Å². The van der Waals surface area contributed by atoms with E-state index in [-0.39, 0.29) is 15.4 Å². The number of hydrogen-bond acceptors (Lipinski definition) is 7. The zero-order chi connectivity index (χ0) is 22.2. The van der Waals surface area contributed by atoms with E-state index in [0.717, 1.165) is 22.5 Å².